The standard InChI is InChI=1S/C7H12BF/c1-5(2)6-3-7(8,9)4-6/h5-6H,3-4H2,1-2H3. The quantitative estimate of drug-likeness (QED) is 0.470. The molecule has 0 bridgehead atoms. The molecular formula is C7H12BF. The van der Waals surface area contributed by atoms with E-state index < -0.39 is 5.57 Å². The van der Waals surface area contributed by atoms with Crippen LogP contribution in [0.2, 0.25) is 0 Å². The van der Waals surface area contributed by atoms with E-state index in [1.54, 1.807) is 0 Å². The van der Waals surface area contributed by atoms with Gasteiger partial charge in [-0.3, -0.25) is 4.39 Å². The van der Waals surface area contributed by atoms with E-state index >= 15 is 0 Å². The van der Waals surface area contributed by atoms with Crippen LogP contribution in [0.4, 0.5) is 4.39 Å². The van der Waals surface area contributed by atoms with Crippen molar-refractivity contribution >= 4 is 7.85 Å². The van der Waals surface area contributed by atoms with Crippen LogP contribution in [-0.2, 0) is 0 Å². The lowest BCUT2D eigenvalue weighted by Crippen LogP contribution is -2.42. The third-order valence-corrected chi connectivity index (χ3v) is 2.15. The van der Waals surface area contributed by atoms with Crippen molar-refractivity contribution in [2.75, 3.05) is 0 Å². The van der Waals surface area contributed by atoms with Gasteiger partial charge in [-0.15, -0.1) is 0 Å². The fraction of sp³-hybridized carbons (Fsp3) is 1.00. The average molecular weight is 126 g/mol. The van der Waals surface area contributed by atoms with Gasteiger partial charge in [0, 0.05) is 0 Å². The first-order valence-electron chi connectivity index (χ1n) is 3.49. The van der Waals surface area contributed by atoms with Gasteiger partial charge in [0.25, 0.3) is 0 Å². The molecule has 0 aliphatic heterocycles. The van der Waals surface area contributed by atoms with Crippen LogP contribution in [0, 0.1) is 11.8 Å². The molecule has 0 aromatic rings. The molecule has 1 saturated carbocycles. The Morgan fingerprint density at radius 1 is 1.56 bits per heavy atom. The summed E-state index contributed by atoms with van der Waals surface area (Å²) in [6.07, 6.45) is 1.12. The van der Waals surface area contributed by atoms with Crippen LogP contribution in [0.15, 0.2) is 0 Å². The van der Waals surface area contributed by atoms with Crippen LogP contribution in [0.25, 0.3) is 0 Å². The van der Waals surface area contributed by atoms with Crippen LogP contribution in [0.1, 0.15) is 26.7 Å². The van der Waals surface area contributed by atoms with E-state index in [0.29, 0.717) is 24.7 Å². The van der Waals surface area contributed by atoms with Crippen molar-refractivity contribution in [1.29, 1.82) is 0 Å². The minimum Gasteiger partial charge on any atom is -0.255 e. The summed E-state index contributed by atoms with van der Waals surface area (Å²) in [4.78, 5) is 0. The average Bonchev–Trinajstić information content (AvgIpc) is 1.59. The van der Waals surface area contributed by atoms with Gasteiger partial charge in [-0.25, -0.2) is 0 Å². The van der Waals surface area contributed by atoms with Crippen molar-refractivity contribution in [1.82, 2.24) is 0 Å². The molecule has 1 aliphatic rings. The lowest BCUT2D eigenvalue weighted by molar-refractivity contribution is 0.0584. The fourth-order valence-electron chi connectivity index (χ4n) is 1.28. The molecule has 9 heavy (non-hydrogen) atoms. The molecule has 0 aromatic carbocycles. The summed E-state index contributed by atoms with van der Waals surface area (Å²) in [7, 11) is 5.18. The monoisotopic (exact) mass is 126 g/mol. The number of halogens is 1. The molecule has 0 saturated heterocycles. The smallest absolute Gasteiger partial charge is 0.121 e. The second-order valence-electron chi connectivity index (χ2n) is 3.45. The molecule has 2 radical (unpaired) electrons. The van der Waals surface area contributed by atoms with E-state index in [-0.39, 0.29) is 0 Å². The number of rotatable bonds is 1. The summed E-state index contributed by atoms with van der Waals surface area (Å²) in [6, 6.07) is 0. The molecule has 0 nitrogen and oxygen atoms in total. The first-order chi connectivity index (χ1) is 4.01. The molecule has 0 amide bonds. The van der Waals surface area contributed by atoms with Gasteiger partial charge >= 0.3 is 0 Å². The van der Waals surface area contributed by atoms with Gasteiger partial charge < -0.3 is 0 Å². The molecule has 1 aliphatic carbocycles. The Balaban J connectivity index is 2.27. The zero-order chi connectivity index (χ0) is 7.07. The van der Waals surface area contributed by atoms with E-state index in [4.69, 9.17) is 7.85 Å². The Morgan fingerprint density at radius 2 is 2.00 bits per heavy atom. The summed E-state index contributed by atoms with van der Waals surface area (Å²) >= 11 is 0. The largest absolute Gasteiger partial charge is 0.255 e. The SMILES string of the molecule is [B]C1(F)CC(C(C)C)C1. The summed E-state index contributed by atoms with van der Waals surface area (Å²) in [5.74, 6) is 1.12. The third kappa shape index (κ3) is 1.47. The molecule has 0 aromatic heterocycles. The third-order valence-electron chi connectivity index (χ3n) is 2.15. The van der Waals surface area contributed by atoms with Gasteiger partial charge in [0.2, 0.25) is 0 Å². The highest BCUT2D eigenvalue weighted by Crippen LogP contribution is 2.42. The predicted molar refractivity (Wildman–Crippen MR) is 37.2 cm³/mol. The molecule has 0 atom stereocenters. The Hall–Kier alpha value is -0.00506. The summed E-state index contributed by atoms with van der Waals surface area (Å²) in [5, 5.41) is 0. The van der Waals surface area contributed by atoms with Crippen LogP contribution >= 0.6 is 0 Å². The minimum atomic E-state index is -1.32. The normalized spacial score (nSPS) is 42.9. The molecule has 0 N–H and O–H groups in total. The second kappa shape index (κ2) is 2.00. The van der Waals surface area contributed by atoms with E-state index in [9.17, 15) is 4.39 Å². The zero-order valence-electron chi connectivity index (χ0n) is 6.02. The van der Waals surface area contributed by atoms with Crippen LogP contribution in [0.3, 0.4) is 0 Å². The van der Waals surface area contributed by atoms with Crippen LogP contribution in [0.5, 0.6) is 0 Å². The first kappa shape index (κ1) is 7.11. The van der Waals surface area contributed by atoms with Crippen molar-refractivity contribution in [3.05, 3.63) is 0 Å². The maximum atomic E-state index is 12.6. The van der Waals surface area contributed by atoms with E-state index in [2.05, 4.69) is 13.8 Å². The van der Waals surface area contributed by atoms with Gasteiger partial charge in [-0.2, -0.15) is 0 Å². The van der Waals surface area contributed by atoms with E-state index in [0.717, 1.165) is 0 Å². The Labute approximate surface area is 57.2 Å². The van der Waals surface area contributed by atoms with Crippen LogP contribution in [-0.4, -0.2) is 13.4 Å². The van der Waals surface area contributed by atoms with Gasteiger partial charge in [0.15, 0.2) is 0 Å². The number of alkyl halides is 1. The van der Waals surface area contributed by atoms with E-state index in [1.807, 2.05) is 0 Å². The second-order valence-corrected chi connectivity index (χ2v) is 3.45. The number of hydrogen-bond acceptors (Lipinski definition) is 0. The zero-order valence-corrected chi connectivity index (χ0v) is 6.02. The molecule has 0 unspecified atom stereocenters. The van der Waals surface area contributed by atoms with Crippen molar-refractivity contribution in [3.63, 3.8) is 0 Å². The summed E-state index contributed by atoms with van der Waals surface area (Å²) in [6.45, 7) is 4.22. The molecule has 1 rings (SSSR count). The van der Waals surface area contributed by atoms with Crippen molar-refractivity contribution in [3.8, 4) is 0 Å². The lowest BCUT2D eigenvalue weighted by atomic mass is 9.58. The topological polar surface area (TPSA) is 0 Å². The maximum Gasteiger partial charge on any atom is 0.121 e. The molecule has 1 fully saturated rings. The Bertz CT molecular complexity index is 101. The molecule has 0 spiro atoms. The van der Waals surface area contributed by atoms with E-state index in [1.165, 1.54) is 0 Å². The van der Waals surface area contributed by atoms with Gasteiger partial charge in [-0.1, -0.05) is 13.8 Å². The van der Waals surface area contributed by atoms with Crippen molar-refractivity contribution in [2.45, 2.75) is 32.3 Å². The molecule has 0 heterocycles. The maximum absolute atomic E-state index is 12.6. The number of hydrogen-bond donors (Lipinski definition) is 0. The van der Waals surface area contributed by atoms with Crippen molar-refractivity contribution < 1.29 is 4.39 Å². The van der Waals surface area contributed by atoms with Crippen molar-refractivity contribution in [2.24, 2.45) is 11.8 Å². The minimum absolute atomic E-state index is 0.528. The predicted octanol–water partition coefficient (Wildman–Crippen LogP) is 1.89. The molecular weight excluding hydrogens is 114 g/mol. The highest BCUT2D eigenvalue weighted by Gasteiger charge is 2.40. The fourth-order valence-corrected chi connectivity index (χ4v) is 1.28. The first-order valence-corrected chi connectivity index (χ1v) is 3.49. The van der Waals surface area contributed by atoms with Crippen LogP contribution < -0.4 is 0 Å². The molecule has 2 heteroatoms. The van der Waals surface area contributed by atoms with Gasteiger partial charge in [0.05, 0.1) is 5.57 Å². The highest BCUT2D eigenvalue weighted by molar-refractivity contribution is 6.15. The summed E-state index contributed by atoms with van der Waals surface area (Å²) < 4.78 is 12.6. The van der Waals surface area contributed by atoms with Gasteiger partial charge in [0.1, 0.15) is 7.85 Å². The summed E-state index contributed by atoms with van der Waals surface area (Å²) in [5.41, 5.74) is -1.32. The Kier molecular flexibility index (Phi) is 1.58. The van der Waals surface area contributed by atoms with Gasteiger partial charge in [-0.05, 0) is 24.7 Å². The lowest BCUT2D eigenvalue weighted by Gasteiger charge is -2.41. The Morgan fingerprint density at radius 3 is 2.11 bits per heavy atom. The molecule has 50 valence electrons. The highest BCUT2D eigenvalue weighted by atomic mass is 19.1.